The third-order valence-electron chi connectivity index (χ3n) is 2.29. The van der Waals surface area contributed by atoms with Crippen molar-refractivity contribution in [3.8, 4) is 0 Å². The molecular weight excluding hydrogens is 236 g/mol. The Kier molecular flexibility index (Phi) is 4.79. The molecule has 6 nitrogen and oxygen atoms in total. The second-order valence-corrected chi connectivity index (χ2v) is 4.38. The molecule has 0 saturated heterocycles. The van der Waals surface area contributed by atoms with E-state index in [1.54, 1.807) is 24.5 Å². The van der Waals surface area contributed by atoms with Gasteiger partial charge in [0.2, 0.25) is 5.91 Å². The zero-order chi connectivity index (χ0) is 13.6. The first kappa shape index (κ1) is 14.1. The predicted octanol–water partition coefficient (Wildman–Crippen LogP) is -0.0340. The molecule has 1 aromatic rings. The molecule has 0 aliphatic heterocycles. The number of pyridine rings is 1. The highest BCUT2D eigenvalue weighted by Gasteiger charge is 2.24. The van der Waals surface area contributed by atoms with E-state index in [1.165, 1.54) is 6.92 Å². The lowest BCUT2D eigenvalue weighted by molar-refractivity contribution is -0.142. The molecule has 0 aliphatic rings. The Labute approximate surface area is 105 Å². The predicted molar refractivity (Wildman–Crippen MR) is 63.8 cm³/mol. The van der Waals surface area contributed by atoms with Gasteiger partial charge in [0.15, 0.2) is 0 Å². The Morgan fingerprint density at radius 1 is 1.50 bits per heavy atom. The highest BCUT2D eigenvalue weighted by atomic mass is 16.4. The Bertz CT molecular complexity index is 417. The van der Waals surface area contributed by atoms with Crippen LogP contribution < -0.4 is 5.32 Å². The van der Waals surface area contributed by atoms with E-state index in [0.29, 0.717) is 0 Å². The maximum absolute atomic E-state index is 11.5. The number of aliphatic hydroxyl groups is 1. The Morgan fingerprint density at radius 2 is 2.22 bits per heavy atom. The van der Waals surface area contributed by atoms with Gasteiger partial charge in [-0.3, -0.25) is 14.6 Å². The molecule has 98 valence electrons. The average molecular weight is 252 g/mol. The summed E-state index contributed by atoms with van der Waals surface area (Å²) in [6.07, 6.45) is 2.92. The summed E-state index contributed by atoms with van der Waals surface area (Å²) < 4.78 is 0. The first-order chi connectivity index (χ1) is 8.39. The van der Waals surface area contributed by atoms with E-state index in [4.69, 9.17) is 5.11 Å². The Hall–Kier alpha value is -1.95. The van der Waals surface area contributed by atoms with E-state index in [2.05, 4.69) is 10.3 Å². The van der Waals surface area contributed by atoms with Crippen LogP contribution >= 0.6 is 0 Å². The fourth-order valence-electron chi connectivity index (χ4n) is 1.43. The quantitative estimate of drug-likeness (QED) is 0.660. The SMILES string of the molecule is CC(O)(CNC(=O)Cc1cccnc1)CC(=O)O. The first-order valence-electron chi connectivity index (χ1n) is 5.49. The molecule has 1 atom stereocenters. The van der Waals surface area contributed by atoms with Crippen LogP contribution in [0.4, 0.5) is 0 Å². The molecule has 0 aromatic carbocycles. The largest absolute Gasteiger partial charge is 0.481 e. The van der Waals surface area contributed by atoms with Crippen LogP contribution in [0.3, 0.4) is 0 Å². The van der Waals surface area contributed by atoms with Gasteiger partial charge in [0.1, 0.15) is 0 Å². The second kappa shape index (κ2) is 6.11. The third-order valence-corrected chi connectivity index (χ3v) is 2.29. The number of amides is 1. The van der Waals surface area contributed by atoms with Gasteiger partial charge in [-0.1, -0.05) is 6.07 Å². The van der Waals surface area contributed by atoms with Crippen molar-refractivity contribution in [2.45, 2.75) is 25.4 Å². The lowest BCUT2D eigenvalue weighted by atomic mass is 10.0. The molecule has 1 amide bonds. The summed E-state index contributed by atoms with van der Waals surface area (Å²) in [5.41, 5.74) is -0.691. The number of carbonyl (C=O) groups is 2. The number of carboxylic acid groups (broad SMARTS) is 1. The summed E-state index contributed by atoms with van der Waals surface area (Å²) in [6, 6.07) is 3.49. The normalized spacial score (nSPS) is 13.7. The molecular formula is C12H16N2O4. The van der Waals surface area contributed by atoms with Gasteiger partial charge in [-0.15, -0.1) is 0 Å². The second-order valence-electron chi connectivity index (χ2n) is 4.38. The third kappa shape index (κ3) is 5.40. The molecule has 18 heavy (non-hydrogen) atoms. The molecule has 1 rings (SSSR count). The molecule has 3 N–H and O–H groups in total. The molecule has 0 bridgehead atoms. The van der Waals surface area contributed by atoms with Crippen LogP contribution in [0.1, 0.15) is 18.9 Å². The molecule has 0 aliphatic carbocycles. The van der Waals surface area contributed by atoms with E-state index in [9.17, 15) is 14.7 Å². The minimum atomic E-state index is -1.45. The summed E-state index contributed by atoms with van der Waals surface area (Å²) in [4.78, 5) is 25.9. The monoisotopic (exact) mass is 252 g/mol. The molecule has 1 heterocycles. The van der Waals surface area contributed by atoms with Crippen molar-refractivity contribution < 1.29 is 19.8 Å². The molecule has 0 fully saturated rings. The lowest BCUT2D eigenvalue weighted by Crippen LogP contribution is -2.42. The Morgan fingerprint density at radius 3 is 2.78 bits per heavy atom. The highest BCUT2D eigenvalue weighted by molar-refractivity contribution is 5.78. The van der Waals surface area contributed by atoms with Crippen molar-refractivity contribution in [3.63, 3.8) is 0 Å². The Balaban J connectivity index is 2.40. The summed E-state index contributed by atoms with van der Waals surface area (Å²) >= 11 is 0. The van der Waals surface area contributed by atoms with Gasteiger partial charge in [0.25, 0.3) is 0 Å². The summed E-state index contributed by atoms with van der Waals surface area (Å²) in [7, 11) is 0. The van der Waals surface area contributed by atoms with Crippen LogP contribution in [0.2, 0.25) is 0 Å². The molecule has 0 saturated carbocycles. The zero-order valence-corrected chi connectivity index (χ0v) is 10.1. The van der Waals surface area contributed by atoms with Crippen LogP contribution in [0.5, 0.6) is 0 Å². The number of hydrogen-bond donors (Lipinski definition) is 3. The van der Waals surface area contributed by atoms with Crippen LogP contribution in [-0.2, 0) is 16.0 Å². The van der Waals surface area contributed by atoms with E-state index < -0.39 is 18.0 Å². The van der Waals surface area contributed by atoms with Crippen LogP contribution in [0.25, 0.3) is 0 Å². The van der Waals surface area contributed by atoms with E-state index in [0.717, 1.165) is 5.56 Å². The minimum absolute atomic E-state index is 0.0988. The molecule has 1 unspecified atom stereocenters. The number of aliphatic carboxylic acids is 1. The number of aromatic nitrogens is 1. The smallest absolute Gasteiger partial charge is 0.306 e. The van der Waals surface area contributed by atoms with Gasteiger partial charge in [-0.05, 0) is 18.6 Å². The number of hydrogen-bond acceptors (Lipinski definition) is 4. The minimum Gasteiger partial charge on any atom is -0.481 e. The molecule has 1 aromatic heterocycles. The van der Waals surface area contributed by atoms with E-state index in [-0.39, 0.29) is 18.9 Å². The number of nitrogens with zero attached hydrogens (tertiary/aromatic N) is 1. The van der Waals surface area contributed by atoms with Gasteiger partial charge in [-0.25, -0.2) is 0 Å². The van der Waals surface area contributed by atoms with Crippen molar-refractivity contribution in [1.82, 2.24) is 10.3 Å². The van der Waals surface area contributed by atoms with Crippen molar-refractivity contribution in [2.24, 2.45) is 0 Å². The summed E-state index contributed by atoms with van der Waals surface area (Å²) in [5.74, 6) is -1.39. The fraction of sp³-hybridized carbons (Fsp3) is 0.417. The number of carbonyl (C=O) groups excluding carboxylic acids is 1. The van der Waals surface area contributed by atoms with Crippen molar-refractivity contribution in [1.29, 1.82) is 0 Å². The standard InChI is InChI=1S/C12H16N2O4/c1-12(18,6-11(16)17)8-14-10(15)5-9-3-2-4-13-7-9/h2-4,7,18H,5-6,8H2,1H3,(H,14,15)(H,16,17). The van der Waals surface area contributed by atoms with Crippen molar-refractivity contribution in [2.75, 3.05) is 6.54 Å². The van der Waals surface area contributed by atoms with Gasteiger partial charge in [0, 0.05) is 18.9 Å². The molecule has 6 heteroatoms. The summed E-state index contributed by atoms with van der Waals surface area (Å²) in [5, 5.41) is 20.8. The number of rotatable bonds is 6. The lowest BCUT2D eigenvalue weighted by Gasteiger charge is -2.21. The maximum Gasteiger partial charge on any atom is 0.306 e. The van der Waals surface area contributed by atoms with Crippen molar-refractivity contribution in [3.05, 3.63) is 30.1 Å². The maximum atomic E-state index is 11.5. The van der Waals surface area contributed by atoms with E-state index >= 15 is 0 Å². The molecule has 0 radical (unpaired) electrons. The zero-order valence-electron chi connectivity index (χ0n) is 10.1. The van der Waals surface area contributed by atoms with Gasteiger partial charge < -0.3 is 15.5 Å². The van der Waals surface area contributed by atoms with Crippen molar-refractivity contribution >= 4 is 11.9 Å². The first-order valence-corrected chi connectivity index (χ1v) is 5.49. The number of nitrogens with one attached hydrogen (secondary N) is 1. The van der Waals surface area contributed by atoms with Gasteiger partial charge in [0.05, 0.1) is 18.4 Å². The molecule has 0 spiro atoms. The van der Waals surface area contributed by atoms with Crippen LogP contribution in [-0.4, -0.2) is 39.2 Å². The number of carboxylic acids is 1. The van der Waals surface area contributed by atoms with E-state index in [1.807, 2.05) is 0 Å². The van der Waals surface area contributed by atoms with Gasteiger partial charge >= 0.3 is 5.97 Å². The highest BCUT2D eigenvalue weighted by Crippen LogP contribution is 2.07. The fourth-order valence-corrected chi connectivity index (χ4v) is 1.43. The summed E-state index contributed by atoms with van der Waals surface area (Å²) in [6.45, 7) is 1.27. The average Bonchev–Trinajstić information content (AvgIpc) is 2.26. The van der Waals surface area contributed by atoms with Crippen LogP contribution in [0.15, 0.2) is 24.5 Å². The van der Waals surface area contributed by atoms with Gasteiger partial charge in [-0.2, -0.15) is 0 Å². The topological polar surface area (TPSA) is 99.5 Å². The van der Waals surface area contributed by atoms with Crippen LogP contribution in [0, 0.1) is 0 Å².